The van der Waals surface area contributed by atoms with Crippen molar-refractivity contribution < 1.29 is 22.7 Å². The molecular formula is C19H20N4O5S. The van der Waals surface area contributed by atoms with Gasteiger partial charge in [-0.3, -0.25) is 14.6 Å². The SMILES string of the molecule is CCOc1ccc(NS(=O)(=O)c2cc(C(=O)Nc3cccc(OC)c3)n[nH]2)cc1. The van der Waals surface area contributed by atoms with Gasteiger partial charge in [-0.25, -0.2) is 0 Å². The number of anilines is 2. The van der Waals surface area contributed by atoms with Gasteiger partial charge in [0.1, 0.15) is 11.5 Å². The highest BCUT2D eigenvalue weighted by Crippen LogP contribution is 2.20. The summed E-state index contributed by atoms with van der Waals surface area (Å²) in [4.78, 5) is 12.3. The van der Waals surface area contributed by atoms with Crippen molar-refractivity contribution in [1.82, 2.24) is 10.2 Å². The highest BCUT2D eigenvalue weighted by molar-refractivity contribution is 7.92. The number of nitrogens with zero attached hydrogens (tertiary/aromatic N) is 1. The summed E-state index contributed by atoms with van der Waals surface area (Å²) in [5.41, 5.74) is 0.777. The maximum atomic E-state index is 12.5. The van der Waals surface area contributed by atoms with Crippen LogP contribution in [0, 0.1) is 0 Å². The third-order valence-electron chi connectivity index (χ3n) is 3.82. The maximum absolute atomic E-state index is 12.5. The fraction of sp³-hybridized carbons (Fsp3) is 0.158. The van der Waals surface area contributed by atoms with Crippen molar-refractivity contribution in [3.63, 3.8) is 0 Å². The second-order valence-electron chi connectivity index (χ2n) is 5.87. The molecule has 9 nitrogen and oxygen atoms in total. The molecule has 0 aliphatic rings. The predicted octanol–water partition coefficient (Wildman–Crippen LogP) is 2.87. The second kappa shape index (κ2) is 8.65. The van der Waals surface area contributed by atoms with Crippen LogP contribution in [0.25, 0.3) is 0 Å². The Morgan fingerprint density at radius 3 is 2.52 bits per heavy atom. The minimum Gasteiger partial charge on any atom is -0.497 e. The molecule has 1 heterocycles. The van der Waals surface area contributed by atoms with Crippen LogP contribution >= 0.6 is 0 Å². The molecule has 0 spiro atoms. The van der Waals surface area contributed by atoms with E-state index in [4.69, 9.17) is 9.47 Å². The molecular weight excluding hydrogens is 396 g/mol. The number of hydrogen-bond acceptors (Lipinski definition) is 6. The molecule has 0 aliphatic heterocycles. The van der Waals surface area contributed by atoms with Crippen LogP contribution in [0.5, 0.6) is 11.5 Å². The first kappa shape index (κ1) is 20.2. The highest BCUT2D eigenvalue weighted by Gasteiger charge is 2.20. The van der Waals surface area contributed by atoms with Gasteiger partial charge in [0.25, 0.3) is 15.9 Å². The first-order chi connectivity index (χ1) is 13.9. The Morgan fingerprint density at radius 2 is 1.83 bits per heavy atom. The number of rotatable bonds is 8. The number of sulfonamides is 1. The Kier molecular flexibility index (Phi) is 6.03. The van der Waals surface area contributed by atoms with Crippen molar-refractivity contribution in [3.8, 4) is 11.5 Å². The van der Waals surface area contributed by atoms with Crippen LogP contribution in [-0.4, -0.2) is 38.2 Å². The molecule has 1 amide bonds. The molecule has 0 fully saturated rings. The predicted molar refractivity (Wildman–Crippen MR) is 108 cm³/mol. The maximum Gasteiger partial charge on any atom is 0.278 e. The molecule has 0 aliphatic carbocycles. The lowest BCUT2D eigenvalue weighted by molar-refractivity contribution is 0.102. The molecule has 3 rings (SSSR count). The number of carbonyl (C=O) groups is 1. The van der Waals surface area contributed by atoms with E-state index in [2.05, 4.69) is 20.2 Å². The number of amides is 1. The summed E-state index contributed by atoms with van der Waals surface area (Å²) in [6.07, 6.45) is 0. The van der Waals surface area contributed by atoms with Crippen LogP contribution in [0.4, 0.5) is 11.4 Å². The molecule has 0 atom stereocenters. The lowest BCUT2D eigenvalue weighted by atomic mass is 10.3. The molecule has 0 saturated heterocycles. The summed E-state index contributed by atoms with van der Waals surface area (Å²) in [5, 5.41) is 8.57. The average molecular weight is 416 g/mol. The van der Waals surface area contributed by atoms with Crippen LogP contribution in [0.3, 0.4) is 0 Å². The lowest BCUT2D eigenvalue weighted by Gasteiger charge is -2.07. The van der Waals surface area contributed by atoms with E-state index >= 15 is 0 Å². The molecule has 0 bridgehead atoms. The van der Waals surface area contributed by atoms with E-state index in [9.17, 15) is 13.2 Å². The monoisotopic (exact) mass is 416 g/mol. The minimum atomic E-state index is -3.94. The molecule has 29 heavy (non-hydrogen) atoms. The summed E-state index contributed by atoms with van der Waals surface area (Å²) in [5.74, 6) is 0.651. The third kappa shape index (κ3) is 5.05. The molecule has 3 N–H and O–H groups in total. The first-order valence-corrected chi connectivity index (χ1v) is 10.2. The summed E-state index contributed by atoms with van der Waals surface area (Å²) in [6, 6.07) is 14.4. The number of nitrogens with one attached hydrogen (secondary N) is 3. The molecule has 1 aromatic heterocycles. The zero-order chi connectivity index (χ0) is 20.9. The summed E-state index contributed by atoms with van der Waals surface area (Å²) in [6.45, 7) is 2.37. The smallest absolute Gasteiger partial charge is 0.278 e. The van der Waals surface area contributed by atoms with Gasteiger partial charge >= 0.3 is 0 Å². The minimum absolute atomic E-state index is 0.0695. The fourth-order valence-corrected chi connectivity index (χ4v) is 3.44. The van der Waals surface area contributed by atoms with E-state index in [1.54, 1.807) is 48.5 Å². The second-order valence-corrected chi connectivity index (χ2v) is 7.52. The quantitative estimate of drug-likeness (QED) is 0.519. The Morgan fingerprint density at radius 1 is 1.07 bits per heavy atom. The molecule has 0 radical (unpaired) electrons. The van der Waals surface area contributed by atoms with E-state index in [1.165, 1.54) is 7.11 Å². The largest absolute Gasteiger partial charge is 0.497 e. The van der Waals surface area contributed by atoms with E-state index < -0.39 is 15.9 Å². The highest BCUT2D eigenvalue weighted by atomic mass is 32.2. The number of ether oxygens (including phenoxy) is 2. The Labute approximate surface area is 168 Å². The standard InChI is InChI=1S/C19H20N4O5S/c1-3-28-15-9-7-13(8-10-15)23-29(25,26)18-12-17(21-22-18)19(24)20-14-5-4-6-16(11-14)27-2/h4-12,23H,3H2,1-2H3,(H,20,24)(H,21,22). The zero-order valence-corrected chi connectivity index (χ0v) is 16.6. The van der Waals surface area contributed by atoms with Crippen LogP contribution in [0.2, 0.25) is 0 Å². The van der Waals surface area contributed by atoms with Gasteiger partial charge in [0, 0.05) is 23.5 Å². The summed E-state index contributed by atoms with van der Waals surface area (Å²) in [7, 11) is -2.43. The van der Waals surface area contributed by atoms with Crippen LogP contribution < -0.4 is 19.5 Å². The van der Waals surface area contributed by atoms with Crippen molar-refractivity contribution in [1.29, 1.82) is 0 Å². The van der Waals surface area contributed by atoms with Crippen molar-refractivity contribution in [3.05, 3.63) is 60.3 Å². The van der Waals surface area contributed by atoms with Gasteiger partial charge in [-0.15, -0.1) is 0 Å². The van der Waals surface area contributed by atoms with Gasteiger partial charge < -0.3 is 14.8 Å². The average Bonchev–Trinajstić information content (AvgIpc) is 3.21. The van der Waals surface area contributed by atoms with Crippen LogP contribution in [-0.2, 0) is 10.0 Å². The van der Waals surface area contributed by atoms with E-state index in [0.29, 0.717) is 29.5 Å². The number of carbonyl (C=O) groups excluding carboxylic acids is 1. The van der Waals surface area contributed by atoms with Gasteiger partial charge in [0.2, 0.25) is 0 Å². The molecule has 2 aromatic carbocycles. The molecule has 3 aromatic rings. The van der Waals surface area contributed by atoms with Crippen molar-refractivity contribution in [2.24, 2.45) is 0 Å². The van der Waals surface area contributed by atoms with Gasteiger partial charge in [-0.1, -0.05) is 6.07 Å². The molecule has 152 valence electrons. The summed E-state index contributed by atoms with van der Waals surface area (Å²) >= 11 is 0. The van der Waals surface area contributed by atoms with Crippen molar-refractivity contribution in [2.75, 3.05) is 23.8 Å². The Hall–Kier alpha value is -3.53. The number of benzene rings is 2. The third-order valence-corrected chi connectivity index (χ3v) is 5.11. The van der Waals surface area contributed by atoms with E-state index in [-0.39, 0.29) is 10.7 Å². The molecule has 0 saturated carbocycles. The van der Waals surface area contributed by atoms with Crippen molar-refractivity contribution in [2.45, 2.75) is 11.9 Å². The lowest BCUT2D eigenvalue weighted by Crippen LogP contribution is -2.14. The summed E-state index contributed by atoms with van der Waals surface area (Å²) < 4.78 is 37.9. The number of hydrogen-bond donors (Lipinski definition) is 3. The van der Waals surface area contributed by atoms with Gasteiger partial charge in [0.05, 0.1) is 13.7 Å². The Bertz CT molecular complexity index is 1090. The van der Waals surface area contributed by atoms with E-state index in [1.807, 2.05) is 6.92 Å². The van der Waals surface area contributed by atoms with Gasteiger partial charge in [-0.2, -0.15) is 13.5 Å². The number of H-pyrrole nitrogens is 1. The van der Waals surface area contributed by atoms with Gasteiger partial charge in [-0.05, 0) is 43.3 Å². The number of aromatic nitrogens is 2. The van der Waals surface area contributed by atoms with E-state index in [0.717, 1.165) is 6.07 Å². The number of aromatic amines is 1. The van der Waals surface area contributed by atoms with Crippen LogP contribution in [0.1, 0.15) is 17.4 Å². The fourth-order valence-electron chi connectivity index (χ4n) is 2.45. The normalized spacial score (nSPS) is 11.0. The Balaban J connectivity index is 1.71. The number of methoxy groups -OCH3 is 1. The van der Waals surface area contributed by atoms with Gasteiger partial charge in [0.15, 0.2) is 10.7 Å². The zero-order valence-electron chi connectivity index (χ0n) is 15.8. The first-order valence-electron chi connectivity index (χ1n) is 8.68. The topological polar surface area (TPSA) is 122 Å². The molecule has 10 heteroatoms. The molecule has 0 unspecified atom stereocenters. The van der Waals surface area contributed by atoms with Crippen LogP contribution in [0.15, 0.2) is 59.6 Å². The van der Waals surface area contributed by atoms with Crippen molar-refractivity contribution >= 4 is 27.3 Å².